The number of benzene rings is 5. The number of aliphatic hydroxyl groups is 1. The summed E-state index contributed by atoms with van der Waals surface area (Å²) in [7, 11) is 0. The van der Waals surface area contributed by atoms with Crippen molar-refractivity contribution in [3.05, 3.63) is 120 Å². The summed E-state index contributed by atoms with van der Waals surface area (Å²) in [5.74, 6) is -5.77. The zero-order valence-electron chi connectivity index (χ0n) is 44.1. The number of phenolic OH excluding ortho intramolecular Hbond substituents is 1. The molecule has 1 aliphatic heterocycles. The summed E-state index contributed by atoms with van der Waals surface area (Å²) < 4.78 is 0. The zero-order chi connectivity index (χ0) is 56.3. The normalized spacial score (nSPS) is 15.0. The van der Waals surface area contributed by atoms with Gasteiger partial charge < -0.3 is 63.4 Å². The fourth-order valence-electron chi connectivity index (χ4n) is 9.27. The van der Waals surface area contributed by atoms with E-state index in [1.54, 1.807) is 6.07 Å². The largest absolute Gasteiger partial charge is 0.508 e. The molecule has 0 spiro atoms. The van der Waals surface area contributed by atoms with Crippen molar-refractivity contribution in [2.24, 2.45) is 11.7 Å². The Kier molecular flexibility index (Phi) is 21.4. The lowest BCUT2D eigenvalue weighted by molar-refractivity contribution is -0.142. The first-order chi connectivity index (χ1) is 37.4. The maximum absolute atomic E-state index is 14.4. The molecule has 6 atom stereocenters. The van der Waals surface area contributed by atoms with Crippen LogP contribution in [0.15, 0.2) is 109 Å². The minimum atomic E-state index is -1.44. The van der Waals surface area contributed by atoms with Crippen LogP contribution >= 0.6 is 0 Å². The molecule has 0 bridgehead atoms. The highest BCUT2D eigenvalue weighted by Crippen LogP contribution is 2.23. The molecule has 0 unspecified atom stereocenters. The topological polar surface area (TPSA) is 326 Å². The molecular formula is C57H71N11O10. The van der Waals surface area contributed by atoms with Crippen LogP contribution in [0.5, 0.6) is 5.75 Å². The highest BCUT2D eigenvalue weighted by Gasteiger charge is 2.39. The number of phenols is 1. The van der Waals surface area contributed by atoms with Gasteiger partial charge in [-0.25, -0.2) is 0 Å². The molecule has 0 aliphatic carbocycles. The van der Waals surface area contributed by atoms with Gasteiger partial charge >= 0.3 is 0 Å². The quantitative estimate of drug-likeness (QED) is 0.0216. The molecule has 5 aromatic carbocycles. The van der Waals surface area contributed by atoms with Crippen molar-refractivity contribution in [1.29, 1.82) is 5.41 Å². The third-order valence-electron chi connectivity index (χ3n) is 13.3. The summed E-state index contributed by atoms with van der Waals surface area (Å²) in [6, 6.07) is 25.0. The van der Waals surface area contributed by atoms with Gasteiger partial charge in [-0.3, -0.25) is 43.8 Å². The van der Waals surface area contributed by atoms with E-state index in [4.69, 9.17) is 11.1 Å². The second kappa shape index (κ2) is 28.5. The van der Waals surface area contributed by atoms with Crippen molar-refractivity contribution >= 4 is 80.4 Å². The number of carbonyl (C=O) groups excluding carboxylic acids is 8. The second-order valence-corrected chi connectivity index (χ2v) is 19.9. The number of amides is 8. The van der Waals surface area contributed by atoms with Crippen LogP contribution in [-0.4, -0.2) is 131 Å². The molecule has 8 amide bonds. The van der Waals surface area contributed by atoms with Crippen LogP contribution < -0.4 is 48.3 Å². The molecular weight excluding hydrogens is 999 g/mol. The monoisotopic (exact) mass is 1070 g/mol. The molecule has 414 valence electrons. The molecule has 78 heavy (non-hydrogen) atoms. The van der Waals surface area contributed by atoms with Crippen molar-refractivity contribution < 1.29 is 48.6 Å². The third kappa shape index (κ3) is 17.2. The molecule has 1 fully saturated rings. The zero-order valence-corrected chi connectivity index (χ0v) is 44.1. The SMILES string of the molecule is CC(C)C[C@H](NC(=O)[C@H](C)NC(=O)[C@H](Cc1ccc(O)cc1)NC(=O)[C@H](CO)NC(=O)CCc1cccc2ccccc12)C(=O)N[C@@H](CCCNC(=N)N)C(=O)N1CCC[C@H]1C(=O)NCC(=O)Nc1ccc2ccccc2c1. The van der Waals surface area contributed by atoms with E-state index in [2.05, 4.69) is 42.5 Å². The number of nitrogens with one attached hydrogen (secondary N) is 9. The fraction of sp³-hybridized carbons (Fsp3) is 0.386. The van der Waals surface area contributed by atoms with E-state index in [9.17, 15) is 48.6 Å². The molecule has 0 saturated carbocycles. The molecule has 5 aromatic rings. The Morgan fingerprint density at radius 1 is 0.692 bits per heavy atom. The van der Waals surface area contributed by atoms with Crippen molar-refractivity contribution in [3.63, 3.8) is 0 Å². The highest BCUT2D eigenvalue weighted by atomic mass is 16.3. The highest BCUT2D eigenvalue weighted by molar-refractivity contribution is 6.00. The van der Waals surface area contributed by atoms with Crippen LogP contribution in [0.25, 0.3) is 21.5 Å². The number of anilines is 1. The Hall–Kier alpha value is -8.59. The van der Waals surface area contributed by atoms with Crippen LogP contribution in [-0.2, 0) is 51.2 Å². The number of aryl methyl sites for hydroxylation is 1. The molecule has 0 radical (unpaired) electrons. The molecule has 1 aliphatic rings. The van der Waals surface area contributed by atoms with E-state index in [0.29, 0.717) is 30.5 Å². The van der Waals surface area contributed by atoms with E-state index in [0.717, 1.165) is 27.1 Å². The number of aromatic hydroxyl groups is 1. The summed E-state index contributed by atoms with van der Waals surface area (Å²) >= 11 is 0. The lowest BCUT2D eigenvalue weighted by atomic mass is 10.0. The maximum Gasteiger partial charge on any atom is 0.245 e. The van der Waals surface area contributed by atoms with Gasteiger partial charge in [0.05, 0.1) is 13.2 Å². The Morgan fingerprint density at radius 2 is 1.35 bits per heavy atom. The van der Waals surface area contributed by atoms with Gasteiger partial charge in [-0.2, -0.15) is 0 Å². The summed E-state index contributed by atoms with van der Waals surface area (Å²) in [6.45, 7) is 4.26. The summed E-state index contributed by atoms with van der Waals surface area (Å²) in [6.07, 6.45) is 1.43. The predicted molar refractivity (Wildman–Crippen MR) is 295 cm³/mol. The summed E-state index contributed by atoms with van der Waals surface area (Å²) in [4.78, 5) is 111. The number of nitrogens with two attached hydrogens (primary N) is 1. The smallest absolute Gasteiger partial charge is 0.245 e. The molecule has 13 N–H and O–H groups in total. The van der Waals surface area contributed by atoms with Crippen LogP contribution in [0.3, 0.4) is 0 Å². The number of hydrogen-bond donors (Lipinski definition) is 12. The van der Waals surface area contributed by atoms with Gasteiger partial charge in [0, 0.05) is 31.6 Å². The molecule has 21 heteroatoms. The molecule has 6 rings (SSSR count). The molecule has 1 heterocycles. The van der Waals surface area contributed by atoms with Gasteiger partial charge in [-0.05, 0) is 108 Å². The van der Waals surface area contributed by atoms with Gasteiger partial charge in [0.25, 0.3) is 0 Å². The van der Waals surface area contributed by atoms with Crippen LogP contribution in [0.1, 0.15) is 70.4 Å². The Balaban J connectivity index is 1.08. The van der Waals surface area contributed by atoms with Crippen molar-refractivity contribution in [2.75, 3.05) is 31.6 Å². The molecule has 1 saturated heterocycles. The molecule has 0 aromatic heterocycles. The summed E-state index contributed by atoms with van der Waals surface area (Å²) in [5.41, 5.74) is 7.48. The van der Waals surface area contributed by atoms with Crippen molar-refractivity contribution in [2.45, 2.75) is 108 Å². The van der Waals surface area contributed by atoms with E-state index in [1.807, 2.05) is 92.7 Å². The second-order valence-electron chi connectivity index (χ2n) is 19.9. The number of nitrogens with zero attached hydrogens (tertiary/aromatic N) is 1. The van der Waals surface area contributed by atoms with Gasteiger partial charge in [0.2, 0.25) is 47.3 Å². The molecule has 21 nitrogen and oxygen atoms in total. The Bertz CT molecular complexity index is 2950. The number of rotatable bonds is 26. The predicted octanol–water partition coefficient (Wildman–Crippen LogP) is 2.37. The number of guanidine groups is 1. The van der Waals surface area contributed by atoms with E-state index in [1.165, 1.54) is 36.1 Å². The number of likely N-dealkylation sites (tertiary alicyclic amines) is 1. The number of hydrogen-bond acceptors (Lipinski definition) is 11. The standard InChI is InChI=1S/C57H71N11O10/c1-34(2)29-45(53(75)65-44(17-9-27-60-57(58)59)56(78)68-28-10-18-48(68)55(77)61-32-50(72)63-41-23-21-37-11-4-5-13-40(37)31-41)66-51(73)35(3)62-52(74)46(30-36-19-24-42(70)25-20-36)67-54(76)47(33-69)64-49(71)26-22-39-15-8-14-38-12-6-7-16-43(38)39/h4-8,11-16,19-21,23-25,31,34-35,44-48,69-70H,9-10,17-18,22,26-30,32-33H2,1-3H3,(H,61,77)(H,62,74)(H,63,72)(H,64,71)(H,65,75)(H,66,73)(H,67,76)(H4,58,59,60)/t35-,44-,45-,46-,47-,48-/m0/s1. The van der Waals surface area contributed by atoms with Gasteiger partial charge in [-0.15, -0.1) is 0 Å². The van der Waals surface area contributed by atoms with Gasteiger partial charge in [0.1, 0.15) is 42.0 Å². The number of aliphatic hydroxyl groups excluding tert-OH is 1. The lowest BCUT2D eigenvalue weighted by Gasteiger charge is -2.30. The van der Waals surface area contributed by atoms with Gasteiger partial charge in [0.15, 0.2) is 5.96 Å². The van der Waals surface area contributed by atoms with E-state index < -0.39 is 90.1 Å². The van der Waals surface area contributed by atoms with Crippen LogP contribution in [0.2, 0.25) is 0 Å². The summed E-state index contributed by atoms with van der Waals surface area (Å²) in [5, 5.41) is 53.0. The maximum atomic E-state index is 14.4. The fourth-order valence-corrected chi connectivity index (χ4v) is 9.27. The van der Waals surface area contributed by atoms with Crippen LogP contribution in [0.4, 0.5) is 5.69 Å². The third-order valence-corrected chi connectivity index (χ3v) is 13.3. The minimum absolute atomic E-state index is 0.00186. The van der Waals surface area contributed by atoms with Crippen LogP contribution in [0, 0.1) is 11.3 Å². The van der Waals surface area contributed by atoms with Crippen molar-refractivity contribution in [3.8, 4) is 5.75 Å². The average Bonchev–Trinajstić information content (AvgIpc) is 3.93. The lowest BCUT2D eigenvalue weighted by Crippen LogP contribution is -2.60. The van der Waals surface area contributed by atoms with E-state index >= 15 is 0 Å². The number of carbonyl (C=O) groups is 8. The first-order valence-corrected chi connectivity index (χ1v) is 26.2. The minimum Gasteiger partial charge on any atom is -0.508 e. The van der Waals surface area contributed by atoms with E-state index in [-0.39, 0.29) is 69.4 Å². The first kappa shape index (κ1) is 58.7. The number of fused-ring (bicyclic) bond motifs is 2. The average molecular weight is 1070 g/mol. The van der Waals surface area contributed by atoms with Gasteiger partial charge in [-0.1, -0.05) is 98.8 Å². The Labute approximate surface area is 452 Å². The first-order valence-electron chi connectivity index (χ1n) is 26.2. The van der Waals surface area contributed by atoms with Crippen molar-refractivity contribution in [1.82, 2.24) is 42.1 Å². The Morgan fingerprint density at radius 3 is 2.06 bits per heavy atom.